The van der Waals surface area contributed by atoms with Crippen molar-refractivity contribution in [2.45, 2.75) is 25.8 Å². The zero-order chi connectivity index (χ0) is 25.5. The highest BCUT2D eigenvalue weighted by Gasteiger charge is 2.32. The second-order valence-electron chi connectivity index (χ2n) is 9.27. The molecule has 1 amide bonds. The van der Waals surface area contributed by atoms with Crippen LogP contribution in [0.2, 0.25) is 0 Å². The van der Waals surface area contributed by atoms with Crippen LogP contribution >= 0.6 is 12.4 Å². The number of aryl methyl sites for hydroxylation is 1. The van der Waals surface area contributed by atoms with Crippen molar-refractivity contribution in [1.82, 2.24) is 24.9 Å². The molecule has 2 aromatic carbocycles. The molecular weight excluding hydrogens is 510 g/mol. The van der Waals surface area contributed by atoms with E-state index in [1.54, 1.807) is 59.3 Å². The van der Waals surface area contributed by atoms with Crippen LogP contribution in [-0.4, -0.2) is 44.6 Å². The van der Waals surface area contributed by atoms with Crippen LogP contribution in [0.1, 0.15) is 28.8 Å². The van der Waals surface area contributed by atoms with Gasteiger partial charge in [0.25, 0.3) is 5.91 Å². The summed E-state index contributed by atoms with van der Waals surface area (Å²) in [6.07, 6.45) is 8.21. The second-order valence-corrected chi connectivity index (χ2v) is 9.27. The first-order valence-corrected chi connectivity index (χ1v) is 12.2. The second kappa shape index (κ2) is 10.4. The summed E-state index contributed by atoms with van der Waals surface area (Å²) >= 11 is 0. The number of aromatic nitrogens is 4. The number of carbonyl (C=O) groups excluding carboxylic acids is 1. The van der Waals surface area contributed by atoms with Gasteiger partial charge in [0, 0.05) is 36.1 Å². The van der Waals surface area contributed by atoms with E-state index in [1.807, 2.05) is 0 Å². The highest BCUT2D eigenvalue weighted by Crippen LogP contribution is 2.33. The van der Waals surface area contributed by atoms with Crippen molar-refractivity contribution in [2.75, 3.05) is 18.0 Å². The van der Waals surface area contributed by atoms with E-state index in [1.165, 1.54) is 24.3 Å². The van der Waals surface area contributed by atoms with Gasteiger partial charge in [0.15, 0.2) is 5.65 Å². The van der Waals surface area contributed by atoms with E-state index in [9.17, 15) is 9.18 Å². The maximum absolute atomic E-state index is 15.6. The van der Waals surface area contributed by atoms with Gasteiger partial charge in [0.1, 0.15) is 17.5 Å². The lowest BCUT2D eigenvalue weighted by atomic mass is 10.00. The summed E-state index contributed by atoms with van der Waals surface area (Å²) in [6.45, 7) is 3.19. The molecule has 194 valence electrons. The number of rotatable bonds is 4. The number of carbonyl (C=O) groups is 1. The zero-order valence-corrected chi connectivity index (χ0v) is 21.4. The molecule has 7 nitrogen and oxygen atoms in total. The Hall–Kier alpha value is -3.95. The average Bonchev–Trinajstić information content (AvgIpc) is 3.33. The number of benzene rings is 2. The number of halogens is 3. The molecule has 38 heavy (non-hydrogen) atoms. The van der Waals surface area contributed by atoms with Crippen molar-refractivity contribution in [1.29, 1.82) is 0 Å². The topological polar surface area (TPSA) is 75.4 Å². The fourth-order valence-electron chi connectivity index (χ4n) is 5.15. The first-order chi connectivity index (χ1) is 18.0. The van der Waals surface area contributed by atoms with Crippen molar-refractivity contribution in [3.05, 3.63) is 90.0 Å². The number of pyridine rings is 1. The lowest BCUT2D eigenvalue weighted by Crippen LogP contribution is -2.49. The van der Waals surface area contributed by atoms with Crippen molar-refractivity contribution >= 4 is 40.6 Å². The lowest BCUT2D eigenvalue weighted by Gasteiger charge is -2.35. The standard InChI is InChI=1S/C28H24F2N6O.ClH/c1-17-12-20(29)13-19-7-10-33-27(25(17)19)36(21-4-2-8-31-15-21)28(37)22-6-5-18(14-24(22)30)23-16-34-35-11-3-9-32-26(23)35;/h3,5-7,9-14,16,21,31H,2,4,8,15H2,1H3;1H/t21-;/m1./s1. The van der Waals surface area contributed by atoms with Crippen molar-refractivity contribution in [3.8, 4) is 11.1 Å². The Morgan fingerprint density at radius 3 is 2.79 bits per heavy atom. The van der Waals surface area contributed by atoms with E-state index in [-0.39, 0.29) is 29.8 Å². The minimum Gasteiger partial charge on any atom is -0.315 e. The predicted molar refractivity (Wildman–Crippen MR) is 145 cm³/mol. The third kappa shape index (κ3) is 4.48. The third-order valence-electron chi connectivity index (χ3n) is 6.88. The number of nitrogens with one attached hydrogen (secondary N) is 1. The lowest BCUT2D eigenvalue weighted by molar-refractivity contribution is 0.0968. The van der Waals surface area contributed by atoms with E-state index < -0.39 is 11.7 Å². The molecule has 1 aliphatic rings. The highest BCUT2D eigenvalue weighted by molar-refractivity contribution is 6.11. The Morgan fingerprint density at radius 1 is 1.13 bits per heavy atom. The molecule has 10 heteroatoms. The minimum absolute atomic E-state index is 0. The summed E-state index contributed by atoms with van der Waals surface area (Å²) in [7, 11) is 0. The first-order valence-electron chi connectivity index (χ1n) is 12.2. The van der Waals surface area contributed by atoms with Crippen LogP contribution in [0.25, 0.3) is 27.5 Å². The Kier molecular flexibility index (Phi) is 7.05. The molecule has 5 aromatic rings. The van der Waals surface area contributed by atoms with Crippen molar-refractivity contribution in [3.63, 3.8) is 0 Å². The molecule has 0 radical (unpaired) electrons. The number of amides is 1. The van der Waals surface area contributed by atoms with Crippen LogP contribution in [-0.2, 0) is 0 Å². The van der Waals surface area contributed by atoms with E-state index in [0.717, 1.165) is 19.4 Å². The molecule has 0 bridgehead atoms. The zero-order valence-electron chi connectivity index (χ0n) is 20.6. The number of hydrogen-bond donors (Lipinski definition) is 1. The quantitative estimate of drug-likeness (QED) is 0.336. The SMILES string of the molecule is Cc1cc(F)cc2ccnc(N(C(=O)c3ccc(-c4cnn5cccnc45)cc3F)[C@@H]3CCCNC3)c12.Cl. The Labute approximate surface area is 223 Å². The van der Waals surface area contributed by atoms with Gasteiger partial charge in [0.05, 0.1) is 17.8 Å². The van der Waals surface area contributed by atoms with Gasteiger partial charge in [-0.05, 0) is 79.2 Å². The number of piperidine rings is 1. The highest BCUT2D eigenvalue weighted by atomic mass is 35.5. The number of nitrogens with zero attached hydrogens (tertiary/aromatic N) is 5. The fourth-order valence-corrected chi connectivity index (χ4v) is 5.15. The van der Waals surface area contributed by atoms with Crippen LogP contribution in [0.4, 0.5) is 14.6 Å². The van der Waals surface area contributed by atoms with Gasteiger partial charge in [-0.25, -0.2) is 23.3 Å². The summed E-state index contributed by atoms with van der Waals surface area (Å²) in [6, 6.07) is 10.6. The van der Waals surface area contributed by atoms with Gasteiger partial charge in [-0.3, -0.25) is 9.69 Å². The molecule has 3 aromatic heterocycles. The Balaban J connectivity index is 0.00000294. The normalized spacial score (nSPS) is 15.4. The fraction of sp³-hybridized carbons (Fsp3) is 0.214. The molecule has 1 N–H and O–H groups in total. The molecule has 0 unspecified atom stereocenters. The van der Waals surface area contributed by atoms with Crippen LogP contribution in [0, 0.1) is 18.6 Å². The van der Waals surface area contributed by atoms with Gasteiger partial charge in [0.2, 0.25) is 0 Å². The number of fused-ring (bicyclic) bond motifs is 2. The smallest absolute Gasteiger partial charge is 0.262 e. The maximum atomic E-state index is 15.6. The summed E-state index contributed by atoms with van der Waals surface area (Å²) < 4.78 is 31.4. The Bertz CT molecular complexity index is 1650. The van der Waals surface area contributed by atoms with Gasteiger partial charge in [-0.15, -0.1) is 12.4 Å². The molecule has 0 aliphatic carbocycles. The summed E-state index contributed by atoms with van der Waals surface area (Å²) in [5, 5.41) is 8.92. The van der Waals surface area contributed by atoms with E-state index in [2.05, 4.69) is 20.4 Å². The summed E-state index contributed by atoms with van der Waals surface area (Å²) in [4.78, 5) is 24.5. The molecule has 6 rings (SSSR count). The van der Waals surface area contributed by atoms with Gasteiger partial charge in [-0.2, -0.15) is 5.10 Å². The molecule has 1 aliphatic heterocycles. The monoisotopic (exact) mass is 534 g/mol. The maximum Gasteiger partial charge on any atom is 0.262 e. The first kappa shape index (κ1) is 25.7. The average molecular weight is 535 g/mol. The van der Waals surface area contributed by atoms with E-state index in [4.69, 9.17) is 0 Å². The minimum atomic E-state index is -0.644. The van der Waals surface area contributed by atoms with Gasteiger partial charge < -0.3 is 5.32 Å². The molecule has 0 spiro atoms. The van der Waals surface area contributed by atoms with E-state index in [0.29, 0.717) is 45.5 Å². The summed E-state index contributed by atoms with van der Waals surface area (Å²) in [5.74, 6) is -1.08. The van der Waals surface area contributed by atoms with Crippen molar-refractivity contribution in [2.24, 2.45) is 0 Å². The molecule has 0 saturated carbocycles. The van der Waals surface area contributed by atoms with Crippen LogP contribution in [0.15, 0.2) is 67.3 Å². The van der Waals surface area contributed by atoms with Crippen LogP contribution in [0.3, 0.4) is 0 Å². The van der Waals surface area contributed by atoms with Gasteiger partial charge >= 0.3 is 0 Å². The van der Waals surface area contributed by atoms with Crippen molar-refractivity contribution < 1.29 is 13.6 Å². The molecule has 4 heterocycles. The van der Waals surface area contributed by atoms with Gasteiger partial charge in [-0.1, -0.05) is 6.07 Å². The van der Waals surface area contributed by atoms with Crippen LogP contribution < -0.4 is 10.2 Å². The predicted octanol–water partition coefficient (Wildman–Crippen LogP) is 5.35. The third-order valence-corrected chi connectivity index (χ3v) is 6.88. The molecule has 1 fully saturated rings. The number of hydrogen-bond acceptors (Lipinski definition) is 5. The summed E-state index contributed by atoms with van der Waals surface area (Å²) in [5.41, 5.74) is 2.44. The molecular formula is C28H25ClF2N6O. The largest absolute Gasteiger partial charge is 0.315 e. The number of anilines is 1. The molecule has 1 saturated heterocycles. The molecule has 1 atom stereocenters. The van der Waals surface area contributed by atoms with E-state index >= 15 is 4.39 Å². The van der Waals surface area contributed by atoms with Crippen LogP contribution in [0.5, 0.6) is 0 Å². The Morgan fingerprint density at radius 2 is 2.00 bits per heavy atom.